The van der Waals surface area contributed by atoms with E-state index in [2.05, 4.69) is 15.0 Å². The Morgan fingerprint density at radius 2 is 2.24 bits per heavy atom. The molecule has 0 saturated carbocycles. The van der Waals surface area contributed by atoms with Gasteiger partial charge in [-0.15, -0.1) is 0 Å². The van der Waals surface area contributed by atoms with E-state index < -0.39 is 12.2 Å². The van der Waals surface area contributed by atoms with Crippen LogP contribution < -0.4 is 15.0 Å². The van der Waals surface area contributed by atoms with Crippen LogP contribution in [-0.4, -0.2) is 44.6 Å². The van der Waals surface area contributed by atoms with Crippen LogP contribution in [0.1, 0.15) is 25.0 Å². The van der Waals surface area contributed by atoms with Gasteiger partial charge >= 0.3 is 6.09 Å². The lowest BCUT2D eigenvalue weighted by Crippen LogP contribution is -2.37. The first-order valence-corrected chi connectivity index (χ1v) is 7.01. The lowest BCUT2D eigenvalue weighted by Gasteiger charge is -2.25. The van der Waals surface area contributed by atoms with E-state index in [4.69, 9.17) is 4.74 Å². The molecule has 0 bridgehead atoms. The molecule has 1 aliphatic heterocycles. The number of carbonyl (C=O) groups excluding carboxylic acids is 1. The van der Waals surface area contributed by atoms with Crippen molar-refractivity contribution in [2.75, 3.05) is 32.2 Å². The summed E-state index contributed by atoms with van der Waals surface area (Å²) in [6.45, 7) is 3.21. The Hall–Kier alpha value is -1.95. The molecule has 2 atom stereocenters. The van der Waals surface area contributed by atoms with Crippen molar-refractivity contribution < 1.29 is 19.4 Å². The first-order chi connectivity index (χ1) is 10.1. The average Bonchev–Trinajstić information content (AvgIpc) is 2.94. The molecule has 1 amide bonds. The summed E-state index contributed by atoms with van der Waals surface area (Å²) in [5.74, 6) is 0.673. The minimum atomic E-state index is -0.622. The van der Waals surface area contributed by atoms with Crippen molar-refractivity contribution in [3.63, 3.8) is 0 Å². The number of alkyl carbamates (subject to hydrolysis) is 1. The lowest BCUT2D eigenvalue weighted by molar-refractivity contribution is 0.167. The predicted molar refractivity (Wildman–Crippen MR) is 79.8 cm³/mol. The summed E-state index contributed by atoms with van der Waals surface area (Å²) in [5, 5.41) is 12.8. The highest BCUT2D eigenvalue weighted by atomic mass is 16.5. The number of nitrogens with one attached hydrogen (secondary N) is 1. The molecule has 1 unspecified atom stereocenters. The Morgan fingerprint density at radius 3 is 2.86 bits per heavy atom. The third kappa shape index (κ3) is 3.39. The number of anilines is 1. The van der Waals surface area contributed by atoms with E-state index in [0.717, 1.165) is 24.2 Å². The van der Waals surface area contributed by atoms with Crippen LogP contribution in [0.15, 0.2) is 18.2 Å². The van der Waals surface area contributed by atoms with Crippen LogP contribution in [0.25, 0.3) is 0 Å². The minimum Gasteiger partial charge on any atom is -0.496 e. The van der Waals surface area contributed by atoms with Gasteiger partial charge in [0.2, 0.25) is 0 Å². The van der Waals surface area contributed by atoms with Crippen LogP contribution in [0.4, 0.5) is 10.5 Å². The number of aliphatic hydroxyl groups excluding tert-OH is 1. The molecule has 116 valence electrons. The van der Waals surface area contributed by atoms with Crippen molar-refractivity contribution >= 4 is 11.8 Å². The number of rotatable bonds is 4. The minimum absolute atomic E-state index is 0.0468. The molecule has 6 nitrogen and oxygen atoms in total. The summed E-state index contributed by atoms with van der Waals surface area (Å²) in [5.41, 5.74) is 1.72. The highest BCUT2D eigenvalue weighted by molar-refractivity contribution is 5.68. The van der Waals surface area contributed by atoms with Crippen molar-refractivity contribution in [1.82, 2.24) is 5.32 Å². The molecule has 0 aliphatic carbocycles. The zero-order valence-corrected chi connectivity index (χ0v) is 12.6. The molecule has 1 aromatic rings. The maximum atomic E-state index is 11.3. The third-order valence-corrected chi connectivity index (χ3v) is 3.72. The number of nitrogens with zero attached hydrogens (tertiary/aromatic N) is 1. The Balaban J connectivity index is 2.18. The van der Waals surface area contributed by atoms with Gasteiger partial charge in [0.1, 0.15) is 5.75 Å². The fourth-order valence-electron chi connectivity index (χ4n) is 2.73. The number of methoxy groups -OCH3 is 2. The van der Waals surface area contributed by atoms with Gasteiger partial charge in [-0.05, 0) is 25.5 Å². The molecule has 0 spiro atoms. The van der Waals surface area contributed by atoms with Gasteiger partial charge in [-0.25, -0.2) is 4.79 Å². The molecule has 6 heteroatoms. The van der Waals surface area contributed by atoms with Gasteiger partial charge in [-0.2, -0.15) is 0 Å². The molecular weight excluding hydrogens is 272 g/mol. The average molecular weight is 294 g/mol. The van der Waals surface area contributed by atoms with Gasteiger partial charge in [0, 0.05) is 24.3 Å². The Bertz CT molecular complexity index is 504. The van der Waals surface area contributed by atoms with Crippen molar-refractivity contribution in [1.29, 1.82) is 0 Å². The van der Waals surface area contributed by atoms with Crippen molar-refractivity contribution in [2.24, 2.45) is 0 Å². The molecule has 2 rings (SSSR count). The van der Waals surface area contributed by atoms with Gasteiger partial charge in [0.25, 0.3) is 0 Å². The van der Waals surface area contributed by atoms with E-state index >= 15 is 0 Å². The molecule has 1 saturated heterocycles. The SMILES string of the molecule is COC(=O)NC1CCN(c2cccc(OC)c2[C@H](C)O)C1. The molecule has 0 radical (unpaired) electrons. The molecule has 21 heavy (non-hydrogen) atoms. The fourth-order valence-corrected chi connectivity index (χ4v) is 2.73. The highest BCUT2D eigenvalue weighted by Gasteiger charge is 2.27. The quantitative estimate of drug-likeness (QED) is 0.884. The molecular formula is C15H22N2O4. The zero-order valence-electron chi connectivity index (χ0n) is 12.6. The number of amides is 1. The lowest BCUT2D eigenvalue weighted by atomic mass is 10.1. The largest absolute Gasteiger partial charge is 0.496 e. The monoisotopic (exact) mass is 294 g/mol. The molecule has 0 aromatic heterocycles. The molecule has 2 N–H and O–H groups in total. The van der Waals surface area contributed by atoms with E-state index in [1.54, 1.807) is 14.0 Å². The number of carbonyl (C=O) groups is 1. The Morgan fingerprint density at radius 1 is 1.48 bits per heavy atom. The summed E-state index contributed by atoms with van der Waals surface area (Å²) in [4.78, 5) is 13.4. The van der Waals surface area contributed by atoms with E-state index in [9.17, 15) is 9.90 Å². The van der Waals surface area contributed by atoms with Crippen LogP contribution in [0.3, 0.4) is 0 Å². The highest BCUT2D eigenvalue weighted by Crippen LogP contribution is 2.35. The number of hydrogen-bond donors (Lipinski definition) is 2. The van der Waals surface area contributed by atoms with E-state index in [-0.39, 0.29) is 6.04 Å². The number of ether oxygens (including phenoxy) is 2. The molecule has 1 aliphatic rings. The van der Waals surface area contributed by atoms with Crippen molar-refractivity contribution in [3.05, 3.63) is 23.8 Å². The van der Waals surface area contributed by atoms with Gasteiger partial charge in [-0.3, -0.25) is 0 Å². The van der Waals surface area contributed by atoms with Crippen LogP contribution >= 0.6 is 0 Å². The maximum Gasteiger partial charge on any atom is 0.407 e. The van der Waals surface area contributed by atoms with Crippen LogP contribution in [0.2, 0.25) is 0 Å². The number of hydrogen-bond acceptors (Lipinski definition) is 5. The van der Waals surface area contributed by atoms with E-state index in [1.807, 2.05) is 18.2 Å². The standard InChI is InChI=1S/C15H22N2O4/c1-10(18)14-12(5-4-6-13(14)20-2)17-8-7-11(9-17)16-15(19)21-3/h4-6,10-11,18H,7-9H2,1-3H3,(H,16,19)/t10-,11?/m0/s1. The second-order valence-electron chi connectivity index (χ2n) is 5.14. The summed E-state index contributed by atoms with van der Waals surface area (Å²) in [6, 6.07) is 5.75. The van der Waals surface area contributed by atoms with E-state index in [1.165, 1.54) is 7.11 Å². The molecule has 1 fully saturated rings. The number of benzene rings is 1. The van der Waals surface area contributed by atoms with Gasteiger partial charge in [0.05, 0.1) is 26.4 Å². The summed E-state index contributed by atoms with van der Waals surface area (Å²) in [6.07, 6.45) is -0.196. The van der Waals surface area contributed by atoms with Crippen molar-refractivity contribution in [3.8, 4) is 5.75 Å². The summed E-state index contributed by atoms with van der Waals surface area (Å²) < 4.78 is 9.96. The molecule has 1 heterocycles. The predicted octanol–water partition coefficient (Wildman–Crippen LogP) is 1.68. The van der Waals surface area contributed by atoms with Crippen LogP contribution in [-0.2, 0) is 4.74 Å². The first-order valence-electron chi connectivity index (χ1n) is 7.01. The second kappa shape index (κ2) is 6.67. The topological polar surface area (TPSA) is 71.0 Å². The van der Waals surface area contributed by atoms with Crippen molar-refractivity contribution in [2.45, 2.75) is 25.5 Å². The van der Waals surface area contributed by atoms with Crippen LogP contribution in [0.5, 0.6) is 5.75 Å². The fraction of sp³-hybridized carbons (Fsp3) is 0.533. The maximum absolute atomic E-state index is 11.3. The smallest absolute Gasteiger partial charge is 0.407 e. The van der Waals surface area contributed by atoms with Gasteiger partial charge in [-0.1, -0.05) is 6.07 Å². The summed E-state index contributed by atoms with van der Waals surface area (Å²) in [7, 11) is 2.95. The van der Waals surface area contributed by atoms with Gasteiger partial charge in [0.15, 0.2) is 0 Å². The normalized spacial score (nSPS) is 19.2. The third-order valence-electron chi connectivity index (χ3n) is 3.72. The van der Waals surface area contributed by atoms with Crippen LogP contribution in [0, 0.1) is 0 Å². The number of aliphatic hydroxyl groups is 1. The Kier molecular flexibility index (Phi) is 4.90. The van der Waals surface area contributed by atoms with Gasteiger partial charge < -0.3 is 24.8 Å². The van der Waals surface area contributed by atoms with E-state index in [0.29, 0.717) is 12.3 Å². The summed E-state index contributed by atoms with van der Waals surface area (Å²) >= 11 is 0. The molecule has 1 aromatic carbocycles. The Labute approximate surface area is 124 Å². The second-order valence-corrected chi connectivity index (χ2v) is 5.14. The zero-order chi connectivity index (χ0) is 15.4. The first kappa shape index (κ1) is 15.4.